The van der Waals surface area contributed by atoms with Crippen LogP contribution >= 0.6 is 11.6 Å². The van der Waals surface area contributed by atoms with Crippen LogP contribution in [0, 0.1) is 0 Å². The van der Waals surface area contributed by atoms with Gasteiger partial charge in [-0.1, -0.05) is 23.7 Å². The topological polar surface area (TPSA) is 69.0 Å². The Morgan fingerprint density at radius 1 is 1.32 bits per heavy atom. The van der Waals surface area contributed by atoms with Crippen LogP contribution in [0.4, 0.5) is 0 Å². The Labute approximate surface area is 134 Å². The summed E-state index contributed by atoms with van der Waals surface area (Å²) in [6.45, 7) is 3.66. The SMILES string of the molecule is CO[C@H](c1ccc(Cl)cc1)[C@@H](C)NC(=O)[C@@H](C)n1cncn1. The maximum absolute atomic E-state index is 12.3. The lowest BCUT2D eigenvalue weighted by Gasteiger charge is -2.25. The third kappa shape index (κ3) is 3.84. The number of carbonyl (C=O) groups excluding carboxylic acids is 1. The van der Waals surface area contributed by atoms with Gasteiger partial charge in [0.1, 0.15) is 24.8 Å². The van der Waals surface area contributed by atoms with Gasteiger partial charge in [-0.25, -0.2) is 9.67 Å². The molecule has 2 aromatic rings. The largest absolute Gasteiger partial charge is 0.375 e. The lowest BCUT2D eigenvalue weighted by atomic mass is 10.0. The molecule has 22 heavy (non-hydrogen) atoms. The first kappa shape index (κ1) is 16.5. The van der Waals surface area contributed by atoms with Crippen LogP contribution < -0.4 is 5.32 Å². The zero-order valence-electron chi connectivity index (χ0n) is 12.7. The highest BCUT2D eigenvalue weighted by atomic mass is 35.5. The van der Waals surface area contributed by atoms with Crippen LogP contribution in [0.15, 0.2) is 36.9 Å². The number of carbonyl (C=O) groups is 1. The molecule has 1 aromatic heterocycles. The number of hydrogen-bond acceptors (Lipinski definition) is 4. The first-order valence-electron chi connectivity index (χ1n) is 6.95. The third-order valence-electron chi connectivity index (χ3n) is 3.49. The van der Waals surface area contributed by atoms with E-state index in [1.165, 1.54) is 17.3 Å². The van der Waals surface area contributed by atoms with Crippen molar-refractivity contribution in [1.82, 2.24) is 20.1 Å². The van der Waals surface area contributed by atoms with Crippen molar-refractivity contribution in [2.45, 2.75) is 32.0 Å². The first-order valence-corrected chi connectivity index (χ1v) is 7.33. The van der Waals surface area contributed by atoms with Gasteiger partial charge in [-0.2, -0.15) is 5.10 Å². The molecule has 0 aliphatic heterocycles. The van der Waals surface area contributed by atoms with Crippen LogP contribution in [0.25, 0.3) is 0 Å². The zero-order chi connectivity index (χ0) is 16.1. The Hall–Kier alpha value is -1.92. The fraction of sp³-hybridized carbons (Fsp3) is 0.400. The summed E-state index contributed by atoms with van der Waals surface area (Å²) < 4.78 is 7.02. The van der Waals surface area contributed by atoms with Crippen LogP contribution in [0.5, 0.6) is 0 Å². The minimum atomic E-state index is -0.437. The number of hydrogen-bond donors (Lipinski definition) is 1. The standard InChI is InChI=1S/C15H19ClN4O2/c1-10(14(22-3)12-4-6-13(16)7-5-12)19-15(21)11(2)20-9-17-8-18-20/h4-11,14H,1-3H3,(H,19,21)/t10-,11-,14+/m1/s1. The van der Waals surface area contributed by atoms with E-state index in [2.05, 4.69) is 15.4 Å². The molecule has 0 bridgehead atoms. The Balaban J connectivity index is 2.04. The highest BCUT2D eigenvalue weighted by Gasteiger charge is 2.24. The van der Waals surface area contributed by atoms with Crippen molar-refractivity contribution in [2.24, 2.45) is 0 Å². The van der Waals surface area contributed by atoms with Crippen molar-refractivity contribution in [3.63, 3.8) is 0 Å². The molecule has 0 spiro atoms. The van der Waals surface area contributed by atoms with Gasteiger partial charge in [-0.3, -0.25) is 4.79 Å². The number of halogens is 1. The molecule has 0 saturated heterocycles. The molecule has 118 valence electrons. The Bertz CT molecular complexity index is 601. The van der Waals surface area contributed by atoms with Crippen LogP contribution in [-0.2, 0) is 9.53 Å². The molecule has 2 rings (SSSR count). The van der Waals surface area contributed by atoms with Crippen LogP contribution in [0.2, 0.25) is 5.02 Å². The molecule has 0 unspecified atom stereocenters. The van der Waals surface area contributed by atoms with Crippen molar-refractivity contribution < 1.29 is 9.53 Å². The van der Waals surface area contributed by atoms with Gasteiger partial charge in [0.2, 0.25) is 5.91 Å². The molecule has 0 aliphatic carbocycles. The van der Waals surface area contributed by atoms with Gasteiger partial charge in [0.25, 0.3) is 0 Å². The molecule has 1 amide bonds. The summed E-state index contributed by atoms with van der Waals surface area (Å²) >= 11 is 5.90. The van der Waals surface area contributed by atoms with Crippen molar-refractivity contribution >= 4 is 17.5 Å². The molecule has 6 nitrogen and oxygen atoms in total. The molecule has 1 heterocycles. The lowest BCUT2D eigenvalue weighted by molar-refractivity contribution is -0.125. The van der Waals surface area contributed by atoms with Gasteiger partial charge in [0.05, 0.1) is 6.04 Å². The fourth-order valence-electron chi connectivity index (χ4n) is 2.24. The molecular weight excluding hydrogens is 304 g/mol. The maximum Gasteiger partial charge on any atom is 0.244 e. The molecule has 0 saturated carbocycles. The van der Waals surface area contributed by atoms with Crippen molar-refractivity contribution in [1.29, 1.82) is 0 Å². The Morgan fingerprint density at radius 3 is 2.55 bits per heavy atom. The summed E-state index contributed by atoms with van der Waals surface area (Å²) in [5.74, 6) is -0.144. The molecule has 7 heteroatoms. The van der Waals surface area contributed by atoms with E-state index in [1.54, 1.807) is 26.2 Å². The summed E-state index contributed by atoms with van der Waals surface area (Å²) in [6, 6.07) is 6.74. The predicted molar refractivity (Wildman–Crippen MR) is 83.5 cm³/mol. The van der Waals surface area contributed by atoms with Gasteiger partial charge >= 0.3 is 0 Å². The summed E-state index contributed by atoms with van der Waals surface area (Å²) in [5.41, 5.74) is 0.952. The van der Waals surface area contributed by atoms with Gasteiger partial charge in [-0.15, -0.1) is 0 Å². The second-order valence-corrected chi connectivity index (χ2v) is 5.49. The van der Waals surface area contributed by atoms with E-state index in [-0.39, 0.29) is 18.1 Å². The summed E-state index contributed by atoms with van der Waals surface area (Å²) in [6.07, 6.45) is 2.66. The van der Waals surface area contributed by atoms with E-state index >= 15 is 0 Å². The van der Waals surface area contributed by atoms with Crippen molar-refractivity contribution in [3.05, 3.63) is 47.5 Å². The number of nitrogens with one attached hydrogen (secondary N) is 1. The minimum Gasteiger partial charge on any atom is -0.375 e. The summed E-state index contributed by atoms with van der Waals surface area (Å²) in [5, 5.41) is 7.58. The quantitative estimate of drug-likeness (QED) is 0.886. The smallest absolute Gasteiger partial charge is 0.244 e. The average Bonchev–Trinajstić information content (AvgIpc) is 3.03. The number of methoxy groups -OCH3 is 1. The lowest BCUT2D eigenvalue weighted by Crippen LogP contribution is -2.41. The van der Waals surface area contributed by atoms with Crippen LogP contribution in [0.3, 0.4) is 0 Å². The summed E-state index contributed by atoms with van der Waals surface area (Å²) in [4.78, 5) is 16.1. The van der Waals surface area contributed by atoms with Crippen molar-refractivity contribution in [2.75, 3.05) is 7.11 Å². The van der Waals surface area contributed by atoms with E-state index in [1.807, 2.05) is 19.1 Å². The van der Waals surface area contributed by atoms with E-state index < -0.39 is 6.04 Å². The minimum absolute atomic E-state index is 0.144. The van der Waals surface area contributed by atoms with E-state index in [9.17, 15) is 4.79 Å². The third-order valence-corrected chi connectivity index (χ3v) is 3.74. The van der Waals surface area contributed by atoms with Gasteiger partial charge in [-0.05, 0) is 31.5 Å². The van der Waals surface area contributed by atoms with Gasteiger partial charge in [0.15, 0.2) is 0 Å². The van der Waals surface area contributed by atoms with Gasteiger partial charge < -0.3 is 10.1 Å². The second kappa shape index (κ2) is 7.38. The average molecular weight is 323 g/mol. The zero-order valence-corrected chi connectivity index (χ0v) is 13.5. The first-order chi connectivity index (χ1) is 10.5. The predicted octanol–water partition coefficient (Wildman–Crippen LogP) is 2.38. The molecule has 0 radical (unpaired) electrons. The normalized spacial score (nSPS) is 15.1. The van der Waals surface area contributed by atoms with Crippen LogP contribution in [-0.4, -0.2) is 33.8 Å². The number of aromatic nitrogens is 3. The molecule has 0 aliphatic rings. The molecule has 0 fully saturated rings. The number of rotatable bonds is 6. The van der Waals surface area contributed by atoms with E-state index in [0.717, 1.165) is 5.56 Å². The van der Waals surface area contributed by atoms with E-state index in [0.29, 0.717) is 5.02 Å². The number of nitrogens with zero attached hydrogens (tertiary/aromatic N) is 3. The van der Waals surface area contributed by atoms with E-state index in [4.69, 9.17) is 16.3 Å². The fourth-order valence-corrected chi connectivity index (χ4v) is 2.37. The molecule has 1 aromatic carbocycles. The summed E-state index contributed by atoms with van der Waals surface area (Å²) in [7, 11) is 1.61. The monoisotopic (exact) mass is 322 g/mol. The maximum atomic E-state index is 12.3. The number of benzene rings is 1. The number of ether oxygens (including phenoxy) is 1. The van der Waals surface area contributed by atoms with Gasteiger partial charge in [0, 0.05) is 12.1 Å². The number of amides is 1. The molecule has 3 atom stereocenters. The van der Waals surface area contributed by atoms with Crippen molar-refractivity contribution in [3.8, 4) is 0 Å². The Kier molecular flexibility index (Phi) is 5.51. The highest BCUT2D eigenvalue weighted by molar-refractivity contribution is 6.30. The highest BCUT2D eigenvalue weighted by Crippen LogP contribution is 2.22. The second-order valence-electron chi connectivity index (χ2n) is 5.06. The molecular formula is C15H19ClN4O2. The van der Waals surface area contributed by atoms with Crippen LogP contribution in [0.1, 0.15) is 31.6 Å². The molecule has 1 N–H and O–H groups in total. The Morgan fingerprint density at radius 2 is 2.00 bits per heavy atom.